The topological polar surface area (TPSA) is 52.6 Å². The van der Waals surface area contributed by atoms with Crippen LogP contribution >= 0.6 is 0 Å². The zero-order valence-electron chi connectivity index (χ0n) is 10.2. The number of nitrogens with one attached hydrogen (secondary N) is 1. The van der Waals surface area contributed by atoms with Crippen molar-refractivity contribution in [3.05, 3.63) is 29.8 Å². The van der Waals surface area contributed by atoms with E-state index in [9.17, 15) is 9.90 Å². The molecule has 1 amide bonds. The van der Waals surface area contributed by atoms with Crippen LogP contribution in [0, 0.1) is 5.92 Å². The molecular formula is C13H18N2O2. The standard InChI is InChI=1S/C13H18N2O2/c1-9(2)11-7-13(17)15(14-11)12-6-4-3-5-10(12)8-16/h3-6,9,11,14,16H,7-8H2,1-2H3. The molecule has 0 bridgehead atoms. The van der Waals surface area contributed by atoms with Crippen LogP contribution in [0.5, 0.6) is 0 Å². The Kier molecular flexibility index (Phi) is 3.45. The molecule has 17 heavy (non-hydrogen) atoms. The van der Waals surface area contributed by atoms with Gasteiger partial charge in [0.15, 0.2) is 0 Å². The molecule has 92 valence electrons. The molecule has 0 spiro atoms. The number of hydrogen-bond donors (Lipinski definition) is 2. The Morgan fingerprint density at radius 2 is 2.18 bits per heavy atom. The van der Waals surface area contributed by atoms with Gasteiger partial charge in [-0.25, -0.2) is 10.4 Å². The third kappa shape index (κ3) is 2.33. The summed E-state index contributed by atoms with van der Waals surface area (Å²) in [5, 5.41) is 10.8. The molecule has 1 unspecified atom stereocenters. The number of carbonyl (C=O) groups is 1. The van der Waals surface area contributed by atoms with E-state index in [1.54, 1.807) is 5.01 Å². The average Bonchev–Trinajstić information content (AvgIpc) is 2.71. The molecule has 1 saturated heterocycles. The van der Waals surface area contributed by atoms with Crippen LogP contribution < -0.4 is 10.4 Å². The lowest BCUT2D eigenvalue weighted by molar-refractivity contribution is -0.117. The predicted octanol–water partition coefficient (Wildman–Crippen LogP) is 1.44. The van der Waals surface area contributed by atoms with Crippen LogP contribution in [0.3, 0.4) is 0 Å². The van der Waals surface area contributed by atoms with Gasteiger partial charge >= 0.3 is 0 Å². The van der Waals surface area contributed by atoms with Gasteiger partial charge in [-0.3, -0.25) is 4.79 Å². The highest BCUT2D eigenvalue weighted by atomic mass is 16.3. The Morgan fingerprint density at radius 1 is 1.47 bits per heavy atom. The van der Waals surface area contributed by atoms with Crippen molar-refractivity contribution in [3.63, 3.8) is 0 Å². The number of nitrogens with zero attached hydrogens (tertiary/aromatic N) is 1. The van der Waals surface area contributed by atoms with Gasteiger partial charge in [-0.2, -0.15) is 0 Å². The highest BCUT2D eigenvalue weighted by Crippen LogP contribution is 2.25. The number of anilines is 1. The molecule has 0 radical (unpaired) electrons. The maximum absolute atomic E-state index is 11.9. The first-order valence-electron chi connectivity index (χ1n) is 5.91. The van der Waals surface area contributed by atoms with Crippen molar-refractivity contribution in [1.29, 1.82) is 0 Å². The summed E-state index contributed by atoms with van der Waals surface area (Å²) < 4.78 is 0. The molecule has 0 aromatic heterocycles. The van der Waals surface area contributed by atoms with Gasteiger partial charge in [0.2, 0.25) is 5.91 Å². The van der Waals surface area contributed by atoms with Crippen LogP contribution in [0.1, 0.15) is 25.8 Å². The SMILES string of the molecule is CC(C)C1CC(=O)N(c2ccccc2CO)N1. The van der Waals surface area contributed by atoms with Crippen molar-refractivity contribution in [2.45, 2.75) is 32.9 Å². The molecule has 1 aliphatic heterocycles. The number of para-hydroxylation sites is 1. The quantitative estimate of drug-likeness (QED) is 0.832. The van der Waals surface area contributed by atoms with Gasteiger partial charge in [-0.1, -0.05) is 32.0 Å². The normalized spacial score (nSPS) is 20.4. The molecule has 1 aromatic rings. The van der Waals surface area contributed by atoms with Gasteiger partial charge in [0.1, 0.15) is 0 Å². The summed E-state index contributed by atoms with van der Waals surface area (Å²) in [6.07, 6.45) is 0.511. The number of carbonyl (C=O) groups excluding carboxylic acids is 1. The monoisotopic (exact) mass is 234 g/mol. The number of aliphatic hydroxyl groups is 1. The minimum atomic E-state index is -0.0615. The molecule has 2 N–H and O–H groups in total. The number of aliphatic hydroxyl groups excluding tert-OH is 1. The van der Waals surface area contributed by atoms with Crippen LogP contribution in [0.15, 0.2) is 24.3 Å². The van der Waals surface area contributed by atoms with Crippen molar-refractivity contribution >= 4 is 11.6 Å². The number of hydrogen-bond acceptors (Lipinski definition) is 3. The zero-order valence-corrected chi connectivity index (χ0v) is 10.2. The van der Waals surface area contributed by atoms with E-state index >= 15 is 0 Å². The third-order valence-electron chi connectivity index (χ3n) is 3.15. The second-order valence-electron chi connectivity index (χ2n) is 4.70. The summed E-state index contributed by atoms with van der Waals surface area (Å²) in [6, 6.07) is 7.57. The van der Waals surface area contributed by atoms with Crippen molar-refractivity contribution in [3.8, 4) is 0 Å². The molecule has 1 atom stereocenters. The highest BCUT2D eigenvalue weighted by Gasteiger charge is 2.32. The fraction of sp³-hybridized carbons (Fsp3) is 0.462. The highest BCUT2D eigenvalue weighted by molar-refractivity contribution is 5.95. The molecule has 1 fully saturated rings. The Labute approximate surface area is 101 Å². The first-order valence-corrected chi connectivity index (χ1v) is 5.91. The largest absolute Gasteiger partial charge is 0.392 e. The molecule has 0 saturated carbocycles. The Bertz CT molecular complexity index is 418. The number of amides is 1. The minimum Gasteiger partial charge on any atom is -0.392 e. The lowest BCUT2D eigenvalue weighted by Gasteiger charge is -2.21. The molecule has 1 heterocycles. The second kappa shape index (κ2) is 4.85. The van der Waals surface area contributed by atoms with E-state index in [4.69, 9.17) is 0 Å². The van der Waals surface area contributed by atoms with E-state index in [-0.39, 0.29) is 18.6 Å². The van der Waals surface area contributed by atoms with E-state index in [1.165, 1.54) is 0 Å². The van der Waals surface area contributed by atoms with Gasteiger partial charge in [-0.15, -0.1) is 0 Å². The van der Waals surface area contributed by atoms with Crippen LogP contribution in [0.25, 0.3) is 0 Å². The van der Waals surface area contributed by atoms with E-state index in [1.807, 2.05) is 24.3 Å². The van der Waals surface area contributed by atoms with Gasteiger partial charge in [0.05, 0.1) is 12.3 Å². The summed E-state index contributed by atoms with van der Waals surface area (Å²) in [4.78, 5) is 11.9. The molecule has 1 aromatic carbocycles. The molecule has 0 aliphatic carbocycles. The fourth-order valence-electron chi connectivity index (χ4n) is 2.01. The number of benzene rings is 1. The van der Waals surface area contributed by atoms with Crippen LogP contribution in [0.4, 0.5) is 5.69 Å². The Hall–Kier alpha value is -1.39. The summed E-state index contributed by atoms with van der Waals surface area (Å²) in [5.74, 6) is 0.467. The van der Waals surface area contributed by atoms with Crippen molar-refractivity contribution in [2.75, 3.05) is 5.01 Å². The predicted molar refractivity (Wildman–Crippen MR) is 66.2 cm³/mol. The maximum Gasteiger partial charge on any atom is 0.243 e. The minimum absolute atomic E-state index is 0.0598. The summed E-state index contributed by atoms with van der Waals surface area (Å²) in [7, 11) is 0. The van der Waals surface area contributed by atoms with Crippen molar-refractivity contribution < 1.29 is 9.90 Å². The summed E-state index contributed by atoms with van der Waals surface area (Å²) in [6.45, 7) is 4.12. The van der Waals surface area contributed by atoms with E-state index in [0.29, 0.717) is 12.3 Å². The van der Waals surface area contributed by atoms with Gasteiger partial charge < -0.3 is 5.11 Å². The molecule has 4 nitrogen and oxygen atoms in total. The summed E-state index contributed by atoms with van der Waals surface area (Å²) >= 11 is 0. The smallest absolute Gasteiger partial charge is 0.243 e. The van der Waals surface area contributed by atoms with Gasteiger partial charge in [0.25, 0.3) is 0 Å². The molecular weight excluding hydrogens is 216 g/mol. The number of rotatable bonds is 3. The zero-order chi connectivity index (χ0) is 12.4. The number of hydrazine groups is 1. The van der Waals surface area contributed by atoms with Crippen molar-refractivity contribution in [2.24, 2.45) is 5.92 Å². The van der Waals surface area contributed by atoms with E-state index < -0.39 is 0 Å². The third-order valence-corrected chi connectivity index (χ3v) is 3.15. The van der Waals surface area contributed by atoms with Crippen LogP contribution in [-0.4, -0.2) is 17.1 Å². The molecule has 2 rings (SSSR count). The van der Waals surface area contributed by atoms with E-state index in [0.717, 1.165) is 11.3 Å². The lowest BCUT2D eigenvalue weighted by atomic mass is 10.0. The van der Waals surface area contributed by atoms with Crippen LogP contribution in [-0.2, 0) is 11.4 Å². The van der Waals surface area contributed by atoms with Gasteiger partial charge in [-0.05, 0) is 12.0 Å². The second-order valence-corrected chi connectivity index (χ2v) is 4.70. The fourth-order valence-corrected chi connectivity index (χ4v) is 2.01. The average molecular weight is 234 g/mol. The maximum atomic E-state index is 11.9. The Balaban J connectivity index is 2.26. The van der Waals surface area contributed by atoms with Crippen LogP contribution in [0.2, 0.25) is 0 Å². The first kappa shape index (κ1) is 12.1. The lowest BCUT2D eigenvalue weighted by Crippen LogP contribution is -2.39. The molecule has 1 aliphatic rings. The Morgan fingerprint density at radius 3 is 2.76 bits per heavy atom. The van der Waals surface area contributed by atoms with Crippen molar-refractivity contribution in [1.82, 2.24) is 5.43 Å². The summed E-state index contributed by atoms with van der Waals surface area (Å²) in [5.41, 5.74) is 4.72. The van der Waals surface area contributed by atoms with Gasteiger partial charge in [0, 0.05) is 18.0 Å². The van der Waals surface area contributed by atoms with E-state index in [2.05, 4.69) is 19.3 Å². The first-order chi connectivity index (χ1) is 8.13. The molecule has 4 heteroatoms.